The molecule has 5 nitrogen and oxygen atoms in total. The number of hydrazine groups is 1. The highest BCUT2D eigenvalue weighted by Crippen LogP contribution is 2.30. The fourth-order valence-electron chi connectivity index (χ4n) is 3.19. The minimum atomic E-state index is 0.0366. The standard InChI is InChI=1S/C14H28N4O/c1-15-14(6-4-3-5-7-14)12-13(19)16-18-10-8-17(2)9-11-18/h15H,3-12H2,1-2H3,(H,16,19). The van der Waals surface area contributed by atoms with Gasteiger partial charge in [0.2, 0.25) is 5.91 Å². The van der Waals surface area contributed by atoms with Crippen LogP contribution < -0.4 is 10.7 Å². The lowest BCUT2D eigenvalue weighted by molar-refractivity contribution is -0.128. The van der Waals surface area contributed by atoms with Crippen molar-refractivity contribution in [3.8, 4) is 0 Å². The van der Waals surface area contributed by atoms with E-state index in [1.165, 1.54) is 19.3 Å². The Morgan fingerprint density at radius 3 is 2.32 bits per heavy atom. The van der Waals surface area contributed by atoms with Gasteiger partial charge in [0, 0.05) is 38.1 Å². The Morgan fingerprint density at radius 2 is 1.74 bits per heavy atom. The Labute approximate surface area is 116 Å². The van der Waals surface area contributed by atoms with E-state index in [-0.39, 0.29) is 11.4 Å². The number of amides is 1. The maximum absolute atomic E-state index is 12.2. The summed E-state index contributed by atoms with van der Waals surface area (Å²) in [5.41, 5.74) is 3.11. The van der Waals surface area contributed by atoms with Crippen LogP contribution in [-0.4, -0.2) is 61.6 Å². The van der Waals surface area contributed by atoms with Crippen LogP contribution in [-0.2, 0) is 4.79 Å². The van der Waals surface area contributed by atoms with Gasteiger partial charge in [0.1, 0.15) is 0 Å². The van der Waals surface area contributed by atoms with Gasteiger partial charge in [-0.2, -0.15) is 0 Å². The number of piperazine rings is 1. The molecule has 0 aromatic carbocycles. The summed E-state index contributed by atoms with van der Waals surface area (Å²) in [6, 6.07) is 0. The predicted molar refractivity (Wildman–Crippen MR) is 76.7 cm³/mol. The van der Waals surface area contributed by atoms with Crippen molar-refractivity contribution < 1.29 is 4.79 Å². The normalized spacial score (nSPS) is 25.2. The average Bonchev–Trinajstić information content (AvgIpc) is 2.42. The van der Waals surface area contributed by atoms with E-state index in [1.807, 2.05) is 7.05 Å². The third-order valence-corrected chi connectivity index (χ3v) is 4.63. The van der Waals surface area contributed by atoms with E-state index in [0.717, 1.165) is 39.0 Å². The molecule has 1 aliphatic carbocycles. The molecule has 0 unspecified atom stereocenters. The molecule has 5 heteroatoms. The van der Waals surface area contributed by atoms with Gasteiger partial charge in [-0.05, 0) is 26.9 Å². The van der Waals surface area contributed by atoms with E-state index in [9.17, 15) is 4.79 Å². The lowest BCUT2D eigenvalue weighted by Gasteiger charge is -2.38. The number of carbonyl (C=O) groups is 1. The van der Waals surface area contributed by atoms with Crippen LogP contribution >= 0.6 is 0 Å². The first-order chi connectivity index (χ1) is 9.13. The van der Waals surface area contributed by atoms with E-state index in [2.05, 4.69) is 27.7 Å². The van der Waals surface area contributed by atoms with Crippen molar-refractivity contribution in [2.24, 2.45) is 0 Å². The zero-order valence-electron chi connectivity index (χ0n) is 12.4. The highest BCUT2D eigenvalue weighted by molar-refractivity contribution is 5.76. The zero-order chi connectivity index (χ0) is 13.7. The van der Waals surface area contributed by atoms with Crippen LogP contribution in [0.3, 0.4) is 0 Å². The molecule has 1 amide bonds. The fraction of sp³-hybridized carbons (Fsp3) is 0.929. The van der Waals surface area contributed by atoms with E-state index < -0.39 is 0 Å². The van der Waals surface area contributed by atoms with Crippen molar-refractivity contribution in [3.05, 3.63) is 0 Å². The second-order valence-electron chi connectivity index (χ2n) is 6.09. The van der Waals surface area contributed by atoms with Gasteiger partial charge >= 0.3 is 0 Å². The number of hydrogen-bond acceptors (Lipinski definition) is 4. The van der Waals surface area contributed by atoms with Gasteiger partial charge < -0.3 is 10.2 Å². The lowest BCUT2D eigenvalue weighted by atomic mass is 9.79. The molecule has 2 rings (SSSR count). The van der Waals surface area contributed by atoms with Gasteiger partial charge in [0.05, 0.1) is 0 Å². The third kappa shape index (κ3) is 4.16. The predicted octanol–water partition coefficient (Wildman–Crippen LogP) is 0.577. The third-order valence-electron chi connectivity index (χ3n) is 4.63. The quantitative estimate of drug-likeness (QED) is 0.783. The second kappa shape index (κ2) is 6.68. The molecule has 2 fully saturated rings. The molecule has 0 aromatic heterocycles. The molecule has 0 aromatic rings. The van der Waals surface area contributed by atoms with Gasteiger partial charge in [-0.25, -0.2) is 5.01 Å². The minimum absolute atomic E-state index is 0.0366. The summed E-state index contributed by atoms with van der Waals surface area (Å²) in [5.74, 6) is 0.167. The monoisotopic (exact) mass is 268 g/mol. The van der Waals surface area contributed by atoms with Crippen LogP contribution in [0.25, 0.3) is 0 Å². The molecular formula is C14H28N4O. The van der Waals surface area contributed by atoms with Crippen LogP contribution in [0.2, 0.25) is 0 Å². The Bertz CT molecular complexity index is 294. The molecule has 0 radical (unpaired) electrons. The van der Waals surface area contributed by atoms with Gasteiger partial charge in [0.15, 0.2) is 0 Å². The summed E-state index contributed by atoms with van der Waals surface area (Å²) in [4.78, 5) is 14.5. The average molecular weight is 268 g/mol. The largest absolute Gasteiger partial charge is 0.314 e. The first-order valence-corrected chi connectivity index (χ1v) is 7.55. The van der Waals surface area contributed by atoms with Crippen LogP contribution in [0.5, 0.6) is 0 Å². The maximum Gasteiger partial charge on any atom is 0.236 e. The van der Waals surface area contributed by atoms with Gasteiger partial charge in [-0.3, -0.25) is 10.2 Å². The van der Waals surface area contributed by atoms with Crippen LogP contribution in [0.1, 0.15) is 38.5 Å². The first-order valence-electron chi connectivity index (χ1n) is 7.55. The number of hydrogen-bond donors (Lipinski definition) is 2. The molecular weight excluding hydrogens is 240 g/mol. The van der Waals surface area contributed by atoms with E-state index in [4.69, 9.17) is 0 Å². The molecule has 0 spiro atoms. The van der Waals surface area contributed by atoms with Crippen molar-refractivity contribution in [2.75, 3.05) is 40.3 Å². The molecule has 2 aliphatic rings. The number of nitrogens with zero attached hydrogens (tertiary/aromatic N) is 2. The SMILES string of the molecule is CNC1(CC(=O)NN2CCN(C)CC2)CCCCC1. The van der Waals surface area contributed by atoms with Crippen molar-refractivity contribution in [1.29, 1.82) is 0 Å². The zero-order valence-corrected chi connectivity index (χ0v) is 12.4. The molecule has 1 aliphatic heterocycles. The van der Waals surface area contributed by atoms with Crippen molar-refractivity contribution in [2.45, 2.75) is 44.1 Å². The molecule has 0 bridgehead atoms. The molecule has 0 atom stereocenters. The molecule has 110 valence electrons. The molecule has 1 heterocycles. The van der Waals surface area contributed by atoms with Crippen molar-refractivity contribution in [3.63, 3.8) is 0 Å². The summed E-state index contributed by atoms with van der Waals surface area (Å²) in [6.45, 7) is 3.90. The fourth-order valence-corrected chi connectivity index (χ4v) is 3.19. The summed E-state index contributed by atoms with van der Waals surface area (Å²) in [6.07, 6.45) is 6.64. The van der Waals surface area contributed by atoms with Crippen molar-refractivity contribution in [1.82, 2.24) is 20.7 Å². The highest BCUT2D eigenvalue weighted by atomic mass is 16.2. The molecule has 1 saturated carbocycles. The Hall–Kier alpha value is -0.650. The van der Waals surface area contributed by atoms with Crippen LogP contribution in [0.4, 0.5) is 0 Å². The van der Waals surface area contributed by atoms with Crippen LogP contribution in [0.15, 0.2) is 0 Å². The molecule has 19 heavy (non-hydrogen) atoms. The van der Waals surface area contributed by atoms with Crippen LogP contribution in [0, 0.1) is 0 Å². The Kier molecular flexibility index (Phi) is 5.19. The second-order valence-corrected chi connectivity index (χ2v) is 6.09. The van der Waals surface area contributed by atoms with E-state index in [0.29, 0.717) is 6.42 Å². The number of likely N-dealkylation sites (N-methyl/N-ethyl adjacent to an activating group) is 1. The molecule has 1 saturated heterocycles. The van der Waals surface area contributed by atoms with Gasteiger partial charge in [0.25, 0.3) is 0 Å². The number of rotatable bonds is 4. The number of carbonyl (C=O) groups excluding carboxylic acids is 1. The first kappa shape index (κ1) is 14.8. The van der Waals surface area contributed by atoms with E-state index >= 15 is 0 Å². The number of nitrogens with one attached hydrogen (secondary N) is 2. The van der Waals surface area contributed by atoms with Gasteiger partial charge in [-0.15, -0.1) is 0 Å². The summed E-state index contributed by atoms with van der Waals surface area (Å²) in [5, 5.41) is 5.47. The van der Waals surface area contributed by atoms with Crippen molar-refractivity contribution >= 4 is 5.91 Å². The van der Waals surface area contributed by atoms with E-state index in [1.54, 1.807) is 0 Å². The Morgan fingerprint density at radius 1 is 1.11 bits per heavy atom. The lowest BCUT2D eigenvalue weighted by Crippen LogP contribution is -2.55. The smallest absolute Gasteiger partial charge is 0.236 e. The summed E-state index contributed by atoms with van der Waals surface area (Å²) < 4.78 is 0. The van der Waals surface area contributed by atoms with Gasteiger partial charge in [-0.1, -0.05) is 19.3 Å². The topological polar surface area (TPSA) is 47.6 Å². The minimum Gasteiger partial charge on any atom is -0.314 e. The Balaban J connectivity index is 1.79. The summed E-state index contributed by atoms with van der Waals surface area (Å²) in [7, 11) is 4.12. The summed E-state index contributed by atoms with van der Waals surface area (Å²) >= 11 is 0. The molecule has 2 N–H and O–H groups in total. The highest BCUT2D eigenvalue weighted by Gasteiger charge is 2.33. The maximum atomic E-state index is 12.2.